The minimum Gasteiger partial charge on any atom is -0.375 e. The van der Waals surface area contributed by atoms with E-state index >= 15 is 0 Å². The molecule has 0 aliphatic carbocycles. The van der Waals surface area contributed by atoms with Gasteiger partial charge in [-0.25, -0.2) is 8.42 Å². The van der Waals surface area contributed by atoms with Crippen molar-refractivity contribution in [2.75, 3.05) is 24.6 Å². The van der Waals surface area contributed by atoms with Gasteiger partial charge in [0, 0.05) is 13.1 Å². The summed E-state index contributed by atoms with van der Waals surface area (Å²) < 4.78 is 22.4. The first-order chi connectivity index (χ1) is 7.66. The molecule has 1 aliphatic rings. The number of nitrogens with zero attached hydrogens (tertiary/aromatic N) is 1. The summed E-state index contributed by atoms with van der Waals surface area (Å²) in [7, 11) is -2.77. The fraction of sp³-hybridized carbons (Fsp3) is 0.333. The van der Waals surface area contributed by atoms with E-state index in [4.69, 9.17) is 0 Å². The van der Waals surface area contributed by atoms with Crippen LogP contribution in [-0.2, 0) is 9.84 Å². The Morgan fingerprint density at radius 2 is 1.69 bits per heavy atom. The molecular formula is C12H15NO2S. The van der Waals surface area contributed by atoms with Crippen LogP contribution < -0.4 is 0 Å². The molecule has 0 saturated carbocycles. The van der Waals surface area contributed by atoms with E-state index in [9.17, 15) is 8.42 Å². The molecule has 0 unspecified atom stereocenters. The van der Waals surface area contributed by atoms with E-state index in [0.29, 0.717) is 13.1 Å². The van der Waals surface area contributed by atoms with Gasteiger partial charge in [-0.2, -0.15) is 0 Å². The zero-order valence-corrected chi connectivity index (χ0v) is 9.86. The normalized spacial score (nSPS) is 20.1. The van der Waals surface area contributed by atoms with Crippen LogP contribution in [0.2, 0.25) is 0 Å². The first-order valence-electron chi connectivity index (χ1n) is 5.33. The molecule has 1 aromatic rings. The van der Waals surface area contributed by atoms with Crippen molar-refractivity contribution in [1.29, 1.82) is 0 Å². The first-order valence-corrected chi connectivity index (χ1v) is 7.16. The SMILES string of the molecule is O=S1(=O)CCN(/C=C/c2ccccc2)CC1. The molecule has 0 bridgehead atoms. The van der Waals surface area contributed by atoms with Crippen molar-refractivity contribution in [3.05, 3.63) is 42.1 Å². The Hall–Kier alpha value is -1.29. The average molecular weight is 237 g/mol. The number of hydrogen-bond acceptors (Lipinski definition) is 3. The predicted octanol–water partition coefficient (Wildman–Crippen LogP) is 1.39. The number of benzene rings is 1. The lowest BCUT2D eigenvalue weighted by molar-refractivity contribution is 0.404. The van der Waals surface area contributed by atoms with Gasteiger partial charge < -0.3 is 4.90 Å². The maximum atomic E-state index is 11.2. The highest BCUT2D eigenvalue weighted by molar-refractivity contribution is 7.91. The number of rotatable bonds is 2. The Balaban J connectivity index is 1.95. The smallest absolute Gasteiger partial charge is 0.153 e. The van der Waals surface area contributed by atoms with Gasteiger partial charge in [-0.05, 0) is 17.8 Å². The maximum Gasteiger partial charge on any atom is 0.153 e. The first kappa shape index (κ1) is 11.2. The topological polar surface area (TPSA) is 37.4 Å². The lowest BCUT2D eigenvalue weighted by Gasteiger charge is -2.24. The van der Waals surface area contributed by atoms with E-state index in [-0.39, 0.29) is 11.5 Å². The Morgan fingerprint density at radius 3 is 2.31 bits per heavy atom. The third kappa shape index (κ3) is 3.10. The highest BCUT2D eigenvalue weighted by Crippen LogP contribution is 2.07. The largest absolute Gasteiger partial charge is 0.375 e. The molecule has 1 heterocycles. The molecule has 86 valence electrons. The van der Waals surface area contributed by atoms with E-state index < -0.39 is 9.84 Å². The van der Waals surface area contributed by atoms with Crippen LogP contribution >= 0.6 is 0 Å². The Morgan fingerprint density at radius 1 is 1.06 bits per heavy atom. The molecular weight excluding hydrogens is 222 g/mol. The number of hydrogen-bond donors (Lipinski definition) is 0. The highest BCUT2D eigenvalue weighted by Gasteiger charge is 2.18. The van der Waals surface area contributed by atoms with E-state index in [2.05, 4.69) is 0 Å². The quantitative estimate of drug-likeness (QED) is 0.780. The van der Waals surface area contributed by atoms with Crippen LogP contribution in [0.5, 0.6) is 0 Å². The molecule has 0 aromatic heterocycles. The van der Waals surface area contributed by atoms with Crippen molar-refractivity contribution in [3.8, 4) is 0 Å². The van der Waals surface area contributed by atoms with Crippen LogP contribution in [0, 0.1) is 0 Å². The lowest BCUT2D eigenvalue weighted by atomic mass is 10.2. The molecule has 0 atom stereocenters. The van der Waals surface area contributed by atoms with E-state index in [1.165, 1.54) is 0 Å². The van der Waals surface area contributed by atoms with E-state index in [1.807, 2.05) is 47.5 Å². The van der Waals surface area contributed by atoms with Crippen molar-refractivity contribution >= 4 is 15.9 Å². The van der Waals surface area contributed by atoms with Gasteiger partial charge in [-0.3, -0.25) is 0 Å². The van der Waals surface area contributed by atoms with Crippen LogP contribution in [0.4, 0.5) is 0 Å². The molecule has 16 heavy (non-hydrogen) atoms. The van der Waals surface area contributed by atoms with Crippen molar-refractivity contribution in [1.82, 2.24) is 4.90 Å². The molecule has 1 aliphatic heterocycles. The molecule has 3 nitrogen and oxygen atoms in total. The second-order valence-electron chi connectivity index (χ2n) is 3.91. The fourth-order valence-corrected chi connectivity index (χ4v) is 2.86. The van der Waals surface area contributed by atoms with Crippen molar-refractivity contribution in [2.45, 2.75) is 0 Å². The molecule has 1 aromatic carbocycles. The van der Waals surface area contributed by atoms with Crippen LogP contribution in [0.1, 0.15) is 5.56 Å². The zero-order valence-electron chi connectivity index (χ0n) is 9.04. The second kappa shape index (κ2) is 4.70. The Kier molecular flexibility index (Phi) is 3.29. The van der Waals surface area contributed by atoms with Gasteiger partial charge >= 0.3 is 0 Å². The fourth-order valence-electron chi connectivity index (χ4n) is 1.63. The summed E-state index contributed by atoms with van der Waals surface area (Å²) in [4.78, 5) is 2.05. The molecule has 1 fully saturated rings. The third-order valence-corrected chi connectivity index (χ3v) is 4.27. The highest BCUT2D eigenvalue weighted by atomic mass is 32.2. The summed E-state index contributed by atoms with van der Waals surface area (Å²) in [6.45, 7) is 1.21. The van der Waals surface area contributed by atoms with E-state index in [0.717, 1.165) is 5.56 Å². The predicted molar refractivity (Wildman–Crippen MR) is 65.7 cm³/mol. The summed E-state index contributed by atoms with van der Waals surface area (Å²) in [6.07, 6.45) is 3.99. The van der Waals surface area contributed by atoms with Crippen molar-refractivity contribution in [2.24, 2.45) is 0 Å². The van der Waals surface area contributed by atoms with Crippen LogP contribution in [0.25, 0.3) is 6.08 Å². The number of sulfone groups is 1. The minimum atomic E-state index is -2.77. The van der Waals surface area contributed by atoms with Crippen LogP contribution in [0.15, 0.2) is 36.5 Å². The Labute approximate surface area is 96.3 Å². The second-order valence-corrected chi connectivity index (χ2v) is 6.22. The standard InChI is InChI=1S/C12H15NO2S/c14-16(15)10-8-13(9-11-16)7-6-12-4-2-1-3-5-12/h1-7H,8-11H2/b7-6+. The summed E-state index contributed by atoms with van der Waals surface area (Å²) in [5.74, 6) is 0.540. The molecule has 0 spiro atoms. The van der Waals surface area contributed by atoms with Gasteiger partial charge in [0.1, 0.15) is 0 Å². The molecule has 2 rings (SSSR count). The van der Waals surface area contributed by atoms with Gasteiger partial charge in [-0.1, -0.05) is 30.3 Å². The Bertz CT molecular complexity index is 451. The molecule has 1 saturated heterocycles. The minimum absolute atomic E-state index is 0.270. The van der Waals surface area contributed by atoms with Gasteiger partial charge in [0.15, 0.2) is 9.84 Å². The van der Waals surface area contributed by atoms with Gasteiger partial charge in [0.05, 0.1) is 11.5 Å². The zero-order chi connectivity index (χ0) is 11.4. The summed E-state index contributed by atoms with van der Waals surface area (Å²) in [5, 5.41) is 0. The van der Waals surface area contributed by atoms with Crippen molar-refractivity contribution < 1.29 is 8.42 Å². The van der Waals surface area contributed by atoms with E-state index in [1.54, 1.807) is 0 Å². The molecule has 0 radical (unpaired) electrons. The monoisotopic (exact) mass is 237 g/mol. The average Bonchev–Trinajstić information content (AvgIpc) is 2.29. The van der Waals surface area contributed by atoms with Crippen LogP contribution in [0.3, 0.4) is 0 Å². The van der Waals surface area contributed by atoms with Crippen molar-refractivity contribution in [3.63, 3.8) is 0 Å². The van der Waals surface area contributed by atoms with Gasteiger partial charge in [0.2, 0.25) is 0 Å². The molecule has 4 heteroatoms. The summed E-state index contributed by atoms with van der Waals surface area (Å²) in [5.41, 5.74) is 1.14. The molecule has 0 N–H and O–H groups in total. The lowest BCUT2D eigenvalue weighted by Crippen LogP contribution is -2.36. The molecule has 0 amide bonds. The third-order valence-electron chi connectivity index (χ3n) is 2.66. The van der Waals surface area contributed by atoms with Gasteiger partial charge in [-0.15, -0.1) is 0 Å². The van der Waals surface area contributed by atoms with Crippen LogP contribution in [-0.4, -0.2) is 37.9 Å². The van der Waals surface area contributed by atoms with Gasteiger partial charge in [0.25, 0.3) is 0 Å². The maximum absolute atomic E-state index is 11.2. The summed E-state index contributed by atoms with van der Waals surface area (Å²) in [6, 6.07) is 10.00. The summed E-state index contributed by atoms with van der Waals surface area (Å²) >= 11 is 0.